The Kier molecular flexibility index (Phi) is 5.98. The second kappa shape index (κ2) is 8.83. The third kappa shape index (κ3) is 4.30. The van der Waals surface area contributed by atoms with Crippen molar-refractivity contribution in [3.8, 4) is 18.0 Å². The predicted molar refractivity (Wildman–Crippen MR) is 109 cm³/mol. The zero-order chi connectivity index (χ0) is 21.1. The van der Waals surface area contributed by atoms with E-state index in [0.29, 0.717) is 49.6 Å². The number of fused-ring (bicyclic) bond motifs is 1. The third-order valence-electron chi connectivity index (χ3n) is 5.40. The second-order valence-electron chi connectivity index (χ2n) is 7.48. The Morgan fingerprint density at radius 2 is 2.13 bits per heavy atom. The highest BCUT2D eigenvalue weighted by Crippen LogP contribution is 2.32. The van der Waals surface area contributed by atoms with Crippen LogP contribution in [0.5, 0.6) is 5.88 Å². The highest BCUT2D eigenvalue weighted by Gasteiger charge is 2.31. The average molecular weight is 427 g/mol. The van der Waals surface area contributed by atoms with Crippen molar-refractivity contribution in [2.45, 2.75) is 44.6 Å². The molecule has 1 aliphatic carbocycles. The van der Waals surface area contributed by atoms with E-state index >= 15 is 0 Å². The molecule has 7 nitrogen and oxygen atoms in total. The summed E-state index contributed by atoms with van der Waals surface area (Å²) in [5.41, 5.74) is 3.19. The van der Waals surface area contributed by atoms with E-state index in [2.05, 4.69) is 26.3 Å². The molecular weight excluding hydrogens is 407 g/mol. The fourth-order valence-electron chi connectivity index (χ4n) is 3.78. The molecule has 0 aromatic carbocycles. The highest BCUT2D eigenvalue weighted by molar-refractivity contribution is 6.30. The Morgan fingerprint density at radius 1 is 1.30 bits per heavy atom. The average Bonchev–Trinajstić information content (AvgIpc) is 2.72. The molecule has 2 aromatic heterocycles. The van der Waals surface area contributed by atoms with Crippen molar-refractivity contribution in [1.82, 2.24) is 14.9 Å². The molecule has 3 heterocycles. The number of ether oxygens (including phenoxy) is 1. The minimum atomic E-state index is -0.756. The summed E-state index contributed by atoms with van der Waals surface area (Å²) in [6, 6.07) is 7.96. The lowest BCUT2D eigenvalue weighted by Gasteiger charge is -2.31. The predicted octanol–water partition coefficient (Wildman–Crippen LogP) is 3.37. The van der Waals surface area contributed by atoms with Gasteiger partial charge in [-0.15, -0.1) is 0 Å². The Balaban J connectivity index is 1.45. The smallest absolute Gasteiger partial charge is 0.213 e. The minimum absolute atomic E-state index is 0.0801. The van der Waals surface area contributed by atoms with Gasteiger partial charge in [0.1, 0.15) is 35.9 Å². The Morgan fingerprint density at radius 3 is 2.80 bits per heavy atom. The Bertz CT molecular complexity index is 1010. The van der Waals surface area contributed by atoms with Crippen LogP contribution >= 0.6 is 11.6 Å². The molecule has 2 aliphatic rings. The molecule has 4 rings (SSSR count). The molecule has 0 spiro atoms. The summed E-state index contributed by atoms with van der Waals surface area (Å²) >= 11 is 6.22. The van der Waals surface area contributed by atoms with Crippen LogP contribution in [0, 0.1) is 22.7 Å². The second-order valence-corrected chi connectivity index (χ2v) is 7.84. The monoisotopic (exact) mass is 426 g/mol. The van der Waals surface area contributed by atoms with Gasteiger partial charge < -0.3 is 10.1 Å². The van der Waals surface area contributed by atoms with Crippen LogP contribution in [0.25, 0.3) is 0 Å². The summed E-state index contributed by atoms with van der Waals surface area (Å²) in [5.74, 6) is 1.09. The molecule has 0 radical (unpaired) electrons. The van der Waals surface area contributed by atoms with Crippen molar-refractivity contribution in [3.05, 3.63) is 45.7 Å². The van der Waals surface area contributed by atoms with E-state index in [1.807, 2.05) is 18.2 Å². The lowest BCUT2D eigenvalue weighted by atomic mass is 9.94. The molecule has 30 heavy (non-hydrogen) atoms. The minimum Gasteiger partial charge on any atom is -0.474 e. The van der Waals surface area contributed by atoms with E-state index < -0.39 is 6.17 Å². The number of rotatable bonds is 6. The number of hydrogen-bond acceptors (Lipinski definition) is 7. The van der Waals surface area contributed by atoms with Crippen molar-refractivity contribution >= 4 is 17.4 Å². The van der Waals surface area contributed by atoms with Gasteiger partial charge in [-0.3, -0.25) is 4.90 Å². The van der Waals surface area contributed by atoms with Gasteiger partial charge in [0.2, 0.25) is 5.88 Å². The van der Waals surface area contributed by atoms with Crippen LogP contribution in [0.3, 0.4) is 0 Å². The van der Waals surface area contributed by atoms with Gasteiger partial charge in [-0.05, 0) is 17.5 Å². The Labute approximate surface area is 179 Å². The number of nitrogens with one attached hydrogen (secondary N) is 1. The van der Waals surface area contributed by atoms with E-state index in [4.69, 9.17) is 21.6 Å². The van der Waals surface area contributed by atoms with Crippen molar-refractivity contribution in [2.75, 3.05) is 18.4 Å². The number of nitriles is 2. The van der Waals surface area contributed by atoms with Crippen LogP contribution in [0.4, 0.5) is 10.2 Å². The van der Waals surface area contributed by atoms with E-state index in [1.54, 1.807) is 6.20 Å². The maximum absolute atomic E-state index is 12.9. The third-order valence-corrected chi connectivity index (χ3v) is 5.68. The molecule has 1 fully saturated rings. The molecule has 0 atom stereocenters. The molecule has 1 saturated carbocycles. The summed E-state index contributed by atoms with van der Waals surface area (Å²) in [6.45, 7) is 2.12. The topological polar surface area (TPSA) is 97.9 Å². The van der Waals surface area contributed by atoms with Crippen molar-refractivity contribution in [2.24, 2.45) is 0 Å². The van der Waals surface area contributed by atoms with Crippen molar-refractivity contribution in [1.29, 1.82) is 10.5 Å². The van der Waals surface area contributed by atoms with Crippen molar-refractivity contribution < 1.29 is 9.13 Å². The number of aromatic nitrogens is 2. The fraction of sp³-hybridized carbons (Fsp3) is 0.429. The summed E-state index contributed by atoms with van der Waals surface area (Å²) in [6.07, 6.45) is 2.49. The summed E-state index contributed by atoms with van der Waals surface area (Å²) < 4.78 is 18.6. The molecule has 2 aromatic rings. The molecule has 1 aliphatic heterocycles. The fourth-order valence-corrected chi connectivity index (χ4v) is 4.02. The van der Waals surface area contributed by atoms with Gasteiger partial charge in [-0.1, -0.05) is 17.7 Å². The van der Waals surface area contributed by atoms with Gasteiger partial charge in [-0.2, -0.15) is 10.5 Å². The number of halogens is 2. The first-order valence-corrected chi connectivity index (χ1v) is 10.2. The van der Waals surface area contributed by atoms with E-state index in [0.717, 1.165) is 23.2 Å². The first kappa shape index (κ1) is 20.3. The summed E-state index contributed by atoms with van der Waals surface area (Å²) in [4.78, 5) is 10.8. The van der Waals surface area contributed by atoms with Crippen LogP contribution in [-0.2, 0) is 19.5 Å². The standard InChI is InChI=1S/C21H20ClFN6O/c22-20-17(9-25)18-12-29(6-3-16(18)21(28-20)26-5-4-24)11-13-1-2-19(27-10-13)30-15-7-14(23)8-15/h1-2,10,14-15H,3,5-8,11-12H2,(H,26,28). The number of alkyl halides is 1. The SMILES string of the molecule is N#CCNc1nc(Cl)c(C#N)c2c1CCN(Cc1ccc(OC3CC(F)C3)nc1)C2. The summed E-state index contributed by atoms with van der Waals surface area (Å²) in [5, 5.41) is 21.5. The van der Waals surface area contributed by atoms with Gasteiger partial charge >= 0.3 is 0 Å². The van der Waals surface area contributed by atoms with Crippen LogP contribution in [0.15, 0.2) is 18.3 Å². The molecule has 9 heteroatoms. The molecular formula is C21H20ClFN6O. The lowest BCUT2D eigenvalue weighted by molar-refractivity contribution is 0.0377. The molecule has 0 unspecified atom stereocenters. The quantitative estimate of drug-likeness (QED) is 0.558. The first-order valence-electron chi connectivity index (χ1n) is 9.77. The normalized spacial score (nSPS) is 20.4. The Hall–Kier alpha value is -2.94. The highest BCUT2D eigenvalue weighted by atomic mass is 35.5. The van der Waals surface area contributed by atoms with Gasteiger partial charge in [0.25, 0.3) is 0 Å². The zero-order valence-electron chi connectivity index (χ0n) is 16.2. The maximum atomic E-state index is 12.9. The van der Waals surface area contributed by atoms with E-state index in [9.17, 15) is 9.65 Å². The number of hydrogen-bond donors (Lipinski definition) is 1. The van der Waals surface area contributed by atoms with Gasteiger partial charge in [0.05, 0.1) is 11.6 Å². The van der Waals surface area contributed by atoms with Crippen molar-refractivity contribution in [3.63, 3.8) is 0 Å². The molecule has 0 bridgehead atoms. The molecule has 0 saturated heterocycles. The number of pyridine rings is 2. The molecule has 1 N–H and O–H groups in total. The lowest BCUT2D eigenvalue weighted by Crippen LogP contribution is -2.35. The maximum Gasteiger partial charge on any atom is 0.213 e. The van der Waals surface area contributed by atoms with Gasteiger partial charge in [0.15, 0.2) is 0 Å². The zero-order valence-corrected chi connectivity index (χ0v) is 17.0. The largest absolute Gasteiger partial charge is 0.474 e. The van der Waals surface area contributed by atoms with Crippen LogP contribution < -0.4 is 10.1 Å². The van der Waals surface area contributed by atoms with Crippen LogP contribution in [0.2, 0.25) is 5.15 Å². The van der Waals surface area contributed by atoms with E-state index in [1.165, 1.54) is 0 Å². The van der Waals surface area contributed by atoms with Gasteiger partial charge in [0, 0.05) is 50.3 Å². The number of anilines is 1. The first-order chi connectivity index (χ1) is 14.6. The van der Waals surface area contributed by atoms with Crippen LogP contribution in [-0.4, -0.2) is 40.2 Å². The van der Waals surface area contributed by atoms with Crippen LogP contribution in [0.1, 0.15) is 35.1 Å². The summed E-state index contributed by atoms with van der Waals surface area (Å²) in [7, 11) is 0. The number of nitrogens with zero attached hydrogens (tertiary/aromatic N) is 5. The molecule has 154 valence electrons. The molecule has 0 amide bonds. The van der Waals surface area contributed by atoms with Gasteiger partial charge in [-0.25, -0.2) is 14.4 Å². The van der Waals surface area contributed by atoms with E-state index in [-0.39, 0.29) is 17.8 Å².